The van der Waals surface area contributed by atoms with Gasteiger partial charge in [0, 0.05) is 12.8 Å². The third-order valence-corrected chi connectivity index (χ3v) is 8.43. The van der Waals surface area contributed by atoms with Gasteiger partial charge in [0.2, 0.25) is 5.78 Å². The second-order valence-electron chi connectivity index (χ2n) is 9.81. The molecule has 0 radical (unpaired) electrons. The first-order valence-electron chi connectivity index (χ1n) is 12.2. The average molecular weight is 603 g/mol. The summed E-state index contributed by atoms with van der Waals surface area (Å²) < 4.78 is 34.2. The number of carbonyl (C=O) groups is 2. The number of fused-ring (bicyclic) bond motifs is 3. The summed E-state index contributed by atoms with van der Waals surface area (Å²) in [5.74, 6) is -0.685. The molecule has 1 amide bonds. The highest BCUT2D eigenvalue weighted by atomic mass is 79.9. The van der Waals surface area contributed by atoms with E-state index in [1.54, 1.807) is 24.3 Å². The standard InChI is InChI=1S/C28H25F2N3O3S.BrH/c29-21-5-1-3-19(13-21)27(20-4-2-6-22(30)14-20)36-28(35)32-24-16-33(11-9-18(24)10-12-33)17-25(34)26-8-7-23(15-31)37-26;/h1-8,13-14,18,24,27H,9-12,16-17H2;1H. The van der Waals surface area contributed by atoms with E-state index in [4.69, 9.17) is 10.00 Å². The average Bonchev–Trinajstić information content (AvgIpc) is 3.37. The van der Waals surface area contributed by atoms with Gasteiger partial charge in [0.15, 0.2) is 6.10 Å². The number of benzene rings is 2. The number of quaternary nitrogens is 1. The van der Waals surface area contributed by atoms with Gasteiger partial charge < -0.3 is 31.5 Å². The van der Waals surface area contributed by atoms with Gasteiger partial charge in [0.05, 0.1) is 30.6 Å². The minimum atomic E-state index is -0.981. The van der Waals surface area contributed by atoms with Crippen LogP contribution in [0.3, 0.4) is 0 Å². The van der Waals surface area contributed by atoms with Gasteiger partial charge in [0.1, 0.15) is 29.1 Å². The largest absolute Gasteiger partial charge is 1.00 e. The molecule has 6 rings (SSSR count). The van der Waals surface area contributed by atoms with Crippen LogP contribution in [0.4, 0.5) is 13.6 Å². The van der Waals surface area contributed by atoms with Crippen LogP contribution < -0.4 is 22.3 Å². The maximum Gasteiger partial charge on any atom is 0.408 e. The van der Waals surface area contributed by atoms with Crippen LogP contribution in [0, 0.1) is 28.9 Å². The number of carbonyl (C=O) groups excluding carboxylic acids is 2. The Kier molecular flexibility index (Phi) is 8.61. The van der Waals surface area contributed by atoms with Crippen molar-refractivity contribution in [1.29, 1.82) is 5.26 Å². The lowest BCUT2D eigenvalue weighted by Crippen LogP contribution is -3.00. The number of ether oxygens (including phenoxy) is 1. The van der Waals surface area contributed by atoms with Crippen LogP contribution in [0.5, 0.6) is 0 Å². The molecule has 0 aliphatic carbocycles. The number of Topliss-reactive ketones (excluding diaryl/α,β-unsaturated/α-hetero) is 1. The number of rotatable bonds is 7. The third-order valence-electron chi connectivity index (χ3n) is 7.40. The third kappa shape index (κ3) is 6.12. The van der Waals surface area contributed by atoms with E-state index in [-0.39, 0.29) is 34.7 Å². The number of nitriles is 1. The van der Waals surface area contributed by atoms with Crippen LogP contribution in [-0.4, -0.2) is 48.6 Å². The fourth-order valence-corrected chi connectivity index (χ4v) is 6.30. The highest BCUT2D eigenvalue weighted by molar-refractivity contribution is 7.14. The minimum Gasteiger partial charge on any atom is -1.00 e. The molecule has 1 atom stereocenters. The summed E-state index contributed by atoms with van der Waals surface area (Å²) in [6, 6.07) is 16.7. The van der Waals surface area contributed by atoms with Gasteiger partial charge in [-0.05, 0) is 53.4 Å². The molecule has 3 aromatic rings. The molecule has 3 aliphatic rings. The van der Waals surface area contributed by atoms with Crippen LogP contribution >= 0.6 is 11.3 Å². The number of halogens is 3. The molecule has 10 heteroatoms. The molecule has 3 aliphatic heterocycles. The van der Waals surface area contributed by atoms with Gasteiger partial charge in [-0.15, -0.1) is 11.3 Å². The molecule has 3 saturated heterocycles. The Labute approximate surface area is 234 Å². The van der Waals surface area contributed by atoms with Crippen LogP contribution in [0.2, 0.25) is 0 Å². The van der Waals surface area contributed by atoms with Gasteiger partial charge in [-0.3, -0.25) is 4.79 Å². The summed E-state index contributed by atoms with van der Waals surface area (Å²) in [5.41, 5.74) is 0.799. The van der Waals surface area contributed by atoms with Gasteiger partial charge in [-0.25, -0.2) is 13.6 Å². The zero-order valence-corrected chi connectivity index (χ0v) is 22.8. The van der Waals surface area contributed by atoms with Gasteiger partial charge in [0.25, 0.3) is 0 Å². The first-order valence-corrected chi connectivity index (χ1v) is 13.0. The molecular formula is C28H26BrF2N3O3S. The van der Waals surface area contributed by atoms with E-state index in [0.29, 0.717) is 38.5 Å². The van der Waals surface area contributed by atoms with Crippen molar-refractivity contribution in [2.75, 3.05) is 26.2 Å². The molecule has 1 N–H and O–H groups in total. The lowest BCUT2D eigenvalue weighted by atomic mass is 9.81. The zero-order chi connectivity index (χ0) is 26.0. The first kappa shape index (κ1) is 27.9. The Morgan fingerprint density at radius 2 is 1.68 bits per heavy atom. The number of thiophene rings is 1. The highest BCUT2D eigenvalue weighted by Gasteiger charge is 2.47. The van der Waals surface area contributed by atoms with E-state index in [9.17, 15) is 18.4 Å². The predicted octanol–water partition coefficient (Wildman–Crippen LogP) is 2.21. The Hall–Kier alpha value is -3.13. The van der Waals surface area contributed by atoms with Crippen LogP contribution in [0.15, 0.2) is 60.7 Å². The Morgan fingerprint density at radius 3 is 2.24 bits per heavy atom. The summed E-state index contributed by atoms with van der Waals surface area (Å²) in [7, 11) is 0. The van der Waals surface area contributed by atoms with Crippen molar-refractivity contribution >= 4 is 23.2 Å². The maximum atomic E-state index is 14.0. The molecule has 38 heavy (non-hydrogen) atoms. The lowest BCUT2D eigenvalue weighted by Gasteiger charge is -2.52. The Balaban J connectivity index is 0.00000336. The second kappa shape index (κ2) is 11.7. The first-order chi connectivity index (χ1) is 17.8. The molecule has 0 spiro atoms. The van der Waals surface area contributed by atoms with Crippen LogP contribution in [-0.2, 0) is 4.74 Å². The van der Waals surface area contributed by atoms with Crippen molar-refractivity contribution < 1.29 is 44.6 Å². The predicted molar refractivity (Wildman–Crippen MR) is 134 cm³/mol. The monoisotopic (exact) mass is 601 g/mol. The van der Waals surface area contributed by atoms with Crippen molar-refractivity contribution in [2.45, 2.75) is 25.0 Å². The molecule has 6 nitrogen and oxygen atoms in total. The van der Waals surface area contributed by atoms with Gasteiger partial charge in [-0.2, -0.15) is 5.26 Å². The summed E-state index contributed by atoms with van der Waals surface area (Å²) in [4.78, 5) is 27.1. The Morgan fingerprint density at radius 1 is 1.05 bits per heavy atom. The summed E-state index contributed by atoms with van der Waals surface area (Å²) >= 11 is 1.20. The van der Waals surface area contributed by atoms with E-state index in [2.05, 4.69) is 11.4 Å². The quantitative estimate of drug-likeness (QED) is 0.333. The molecular weight excluding hydrogens is 576 g/mol. The van der Waals surface area contributed by atoms with Crippen molar-refractivity contribution in [3.8, 4) is 6.07 Å². The number of nitrogens with zero attached hydrogens (tertiary/aromatic N) is 2. The molecule has 0 saturated carbocycles. The lowest BCUT2D eigenvalue weighted by molar-refractivity contribution is -0.936. The van der Waals surface area contributed by atoms with Gasteiger partial charge in [-0.1, -0.05) is 24.3 Å². The van der Waals surface area contributed by atoms with Crippen LogP contribution in [0.25, 0.3) is 0 Å². The SMILES string of the molecule is N#Cc1ccc(C(=O)C[N+]23CCC(CC2)C(NC(=O)OC(c2cccc(F)c2)c2cccc(F)c2)C3)s1.[Br-]. The number of alkyl carbamates (subject to hydrolysis) is 1. The number of ketones is 1. The maximum absolute atomic E-state index is 14.0. The molecule has 3 fully saturated rings. The molecule has 2 bridgehead atoms. The van der Waals surface area contributed by atoms with E-state index >= 15 is 0 Å². The van der Waals surface area contributed by atoms with Crippen LogP contribution in [0.1, 0.15) is 44.6 Å². The molecule has 1 unspecified atom stereocenters. The van der Waals surface area contributed by atoms with Gasteiger partial charge >= 0.3 is 6.09 Å². The molecule has 1 aromatic heterocycles. The summed E-state index contributed by atoms with van der Waals surface area (Å²) in [5, 5.41) is 12.1. The van der Waals surface area contributed by atoms with E-state index in [0.717, 1.165) is 25.9 Å². The highest BCUT2D eigenvalue weighted by Crippen LogP contribution is 2.35. The number of hydrogen-bond acceptors (Lipinski definition) is 5. The minimum absolute atomic E-state index is 0. The summed E-state index contributed by atoms with van der Waals surface area (Å²) in [6.45, 7) is 2.64. The fraction of sp³-hybridized carbons (Fsp3) is 0.321. The fourth-order valence-electron chi connectivity index (χ4n) is 5.56. The normalized spacial score (nSPS) is 21.8. The van der Waals surface area contributed by atoms with Crippen molar-refractivity contribution in [3.05, 3.63) is 93.2 Å². The van der Waals surface area contributed by atoms with Crippen molar-refractivity contribution in [3.63, 3.8) is 0 Å². The number of piperidine rings is 3. The Bertz CT molecular complexity index is 1320. The zero-order valence-electron chi connectivity index (χ0n) is 20.4. The van der Waals surface area contributed by atoms with E-state index in [1.165, 1.54) is 47.7 Å². The number of hydrogen-bond donors (Lipinski definition) is 1. The molecule has 2 aromatic carbocycles. The van der Waals surface area contributed by atoms with E-state index in [1.807, 2.05) is 0 Å². The molecule has 198 valence electrons. The second-order valence-corrected chi connectivity index (χ2v) is 10.9. The summed E-state index contributed by atoms with van der Waals surface area (Å²) in [6.07, 6.45) is 0.108. The van der Waals surface area contributed by atoms with E-state index < -0.39 is 23.8 Å². The van der Waals surface area contributed by atoms with Crippen molar-refractivity contribution in [1.82, 2.24) is 5.32 Å². The smallest absolute Gasteiger partial charge is 0.408 e. The van der Waals surface area contributed by atoms with Crippen molar-refractivity contribution in [2.24, 2.45) is 5.92 Å². The number of nitrogens with one attached hydrogen (secondary N) is 1. The number of amides is 1. The topological polar surface area (TPSA) is 79.2 Å². The molecule has 4 heterocycles.